The molecule has 0 aromatic heterocycles. The SMILES string of the molecule is C=C(CC(=O)O)C(=O)OC(CCOCCCC)C(=O)Oc1ccccc1. The van der Waals surface area contributed by atoms with E-state index in [0.29, 0.717) is 12.4 Å². The molecule has 7 heteroatoms. The summed E-state index contributed by atoms with van der Waals surface area (Å²) in [4.78, 5) is 34.9. The van der Waals surface area contributed by atoms with Gasteiger partial charge < -0.3 is 19.3 Å². The van der Waals surface area contributed by atoms with E-state index in [0.717, 1.165) is 12.8 Å². The lowest BCUT2D eigenvalue weighted by Crippen LogP contribution is -2.33. The molecule has 1 unspecified atom stereocenters. The van der Waals surface area contributed by atoms with E-state index in [1.807, 2.05) is 6.92 Å². The fourth-order valence-corrected chi connectivity index (χ4v) is 1.90. The number of rotatable bonds is 12. The topological polar surface area (TPSA) is 99.1 Å². The molecule has 0 radical (unpaired) electrons. The van der Waals surface area contributed by atoms with Gasteiger partial charge in [0.1, 0.15) is 5.75 Å². The summed E-state index contributed by atoms with van der Waals surface area (Å²) in [6, 6.07) is 8.36. The lowest BCUT2D eigenvalue weighted by Gasteiger charge is -2.17. The van der Waals surface area contributed by atoms with Gasteiger partial charge in [-0.05, 0) is 18.6 Å². The molecule has 0 saturated carbocycles. The molecule has 0 saturated heterocycles. The molecule has 0 bridgehead atoms. The van der Waals surface area contributed by atoms with Gasteiger partial charge in [0.25, 0.3) is 0 Å². The van der Waals surface area contributed by atoms with Crippen LogP contribution >= 0.6 is 0 Å². The molecule has 26 heavy (non-hydrogen) atoms. The summed E-state index contributed by atoms with van der Waals surface area (Å²) in [6.45, 7) is 6.14. The van der Waals surface area contributed by atoms with Crippen LogP contribution in [0, 0.1) is 0 Å². The number of carboxylic acid groups (broad SMARTS) is 1. The van der Waals surface area contributed by atoms with Crippen molar-refractivity contribution in [1.82, 2.24) is 0 Å². The number of carbonyl (C=O) groups is 3. The molecule has 1 rings (SSSR count). The fourth-order valence-electron chi connectivity index (χ4n) is 1.90. The fraction of sp³-hybridized carbons (Fsp3) is 0.421. The van der Waals surface area contributed by atoms with Crippen LogP contribution in [0.25, 0.3) is 0 Å². The second kappa shape index (κ2) is 11.8. The number of para-hydroxylation sites is 1. The van der Waals surface area contributed by atoms with E-state index in [9.17, 15) is 14.4 Å². The van der Waals surface area contributed by atoms with Crippen molar-refractivity contribution in [1.29, 1.82) is 0 Å². The molecule has 7 nitrogen and oxygen atoms in total. The minimum absolute atomic E-state index is 0.0987. The number of carbonyl (C=O) groups excluding carboxylic acids is 2. The van der Waals surface area contributed by atoms with E-state index in [4.69, 9.17) is 19.3 Å². The van der Waals surface area contributed by atoms with Crippen LogP contribution in [0.15, 0.2) is 42.5 Å². The van der Waals surface area contributed by atoms with E-state index in [2.05, 4.69) is 6.58 Å². The predicted molar refractivity (Wildman–Crippen MR) is 93.7 cm³/mol. The lowest BCUT2D eigenvalue weighted by atomic mass is 10.2. The summed E-state index contributed by atoms with van der Waals surface area (Å²) in [5, 5.41) is 8.71. The Morgan fingerprint density at radius 3 is 2.46 bits per heavy atom. The van der Waals surface area contributed by atoms with Crippen molar-refractivity contribution in [2.24, 2.45) is 0 Å². The first-order valence-electron chi connectivity index (χ1n) is 8.39. The number of ether oxygens (including phenoxy) is 3. The Morgan fingerprint density at radius 2 is 1.85 bits per heavy atom. The Kier molecular flexibility index (Phi) is 9.71. The Hall–Kier alpha value is -2.67. The number of esters is 2. The first-order chi connectivity index (χ1) is 12.4. The number of hydrogen-bond acceptors (Lipinski definition) is 6. The molecule has 0 aliphatic heterocycles. The Labute approximate surface area is 152 Å². The van der Waals surface area contributed by atoms with E-state index in [-0.39, 0.29) is 18.6 Å². The second-order valence-corrected chi connectivity index (χ2v) is 5.56. The van der Waals surface area contributed by atoms with E-state index >= 15 is 0 Å². The third kappa shape index (κ3) is 8.43. The van der Waals surface area contributed by atoms with Crippen molar-refractivity contribution in [3.05, 3.63) is 42.5 Å². The highest BCUT2D eigenvalue weighted by molar-refractivity contribution is 5.94. The van der Waals surface area contributed by atoms with Gasteiger partial charge in [0.15, 0.2) is 0 Å². The highest BCUT2D eigenvalue weighted by Gasteiger charge is 2.26. The molecule has 1 atom stereocenters. The van der Waals surface area contributed by atoms with Crippen LogP contribution in [0.4, 0.5) is 0 Å². The minimum atomic E-state index is -1.21. The molecule has 0 fully saturated rings. The van der Waals surface area contributed by atoms with Crippen LogP contribution in [0.2, 0.25) is 0 Å². The summed E-state index contributed by atoms with van der Waals surface area (Å²) < 4.78 is 15.7. The van der Waals surface area contributed by atoms with Gasteiger partial charge in [-0.25, -0.2) is 9.59 Å². The number of carboxylic acids is 1. The van der Waals surface area contributed by atoms with Crippen LogP contribution < -0.4 is 4.74 Å². The van der Waals surface area contributed by atoms with Crippen molar-refractivity contribution >= 4 is 17.9 Å². The third-order valence-corrected chi connectivity index (χ3v) is 3.29. The molecular weight excluding hydrogens is 340 g/mol. The van der Waals surface area contributed by atoms with Crippen LogP contribution in [0.3, 0.4) is 0 Å². The van der Waals surface area contributed by atoms with E-state index in [1.165, 1.54) is 0 Å². The summed E-state index contributed by atoms with van der Waals surface area (Å²) in [5.74, 6) is -2.60. The number of aliphatic carboxylic acids is 1. The maximum Gasteiger partial charge on any atom is 0.352 e. The van der Waals surface area contributed by atoms with Crippen molar-refractivity contribution in [2.75, 3.05) is 13.2 Å². The van der Waals surface area contributed by atoms with Gasteiger partial charge in [0.05, 0.1) is 13.0 Å². The highest BCUT2D eigenvalue weighted by Crippen LogP contribution is 2.13. The van der Waals surface area contributed by atoms with Gasteiger partial charge in [-0.15, -0.1) is 0 Å². The Morgan fingerprint density at radius 1 is 1.15 bits per heavy atom. The Balaban J connectivity index is 2.67. The van der Waals surface area contributed by atoms with Gasteiger partial charge in [-0.3, -0.25) is 4.79 Å². The van der Waals surface area contributed by atoms with E-state index < -0.39 is 30.4 Å². The van der Waals surface area contributed by atoms with Gasteiger partial charge in [0.2, 0.25) is 6.10 Å². The van der Waals surface area contributed by atoms with Crippen LogP contribution in [-0.2, 0) is 23.9 Å². The molecule has 0 aliphatic rings. The van der Waals surface area contributed by atoms with Crippen LogP contribution in [0.1, 0.15) is 32.6 Å². The molecule has 1 aromatic rings. The summed E-state index contributed by atoms with van der Waals surface area (Å²) in [5.41, 5.74) is -0.248. The van der Waals surface area contributed by atoms with Gasteiger partial charge in [0, 0.05) is 18.6 Å². The molecule has 0 heterocycles. The standard InChI is InChI=1S/C19H24O7/c1-3-4-11-24-12-10-16(26-18(22)14(2)13-17(20)21)19(23)25-15-8-6-5-7-9-15/h5-9,16H,2-4,10-13H2,1H3,(H,20,21). The molecule has 0 spiro atoms. The second-order valence-electron chi connectivity index (χ2n) is 5.56. The summed E-state index contributed by atoms with van der Waals surface area (Å²) in [6.07, 6.45) is 0.181. The van der Waals surface area contributed by atoms with Crippen LogP contribution in [-0.4, -0.2) is 42.3 Å². The number of benzene rings is 1. The number of hydrogen-bond donors (Lipinski definition) is 1. The molecule has 1 aromatic carbocycles. The van der Waals surface area contributed by atoms with Crippen molar-refractivity contribution in [2.45, 2.75) is 38.7 Å². The average molecular weight is 364 g/mol. The molecule has 0 amide bonds. The first kappa shape index (κ1) is 21.4. The summed E-state index contributed by atoms with van der Waals surface area (Å²) >= 11 is 0. The third-order valence-electron chi connectivity index (χ3n) is 3.29. The van der Waals surface area contributed by atoms with Crippen molar-refractivity contribution in [3.63, 3.8) is 0 Å². The minimum Gasteiger partial charge on any atom is -0.481 e. The predicted octanol–water partition coefficient (Wildman–Crippen LogP) is 2.74. The zero-order chi connectivity index (χ0) is 19.4. The maximum absolute atomic E-state index is 12.3. The smallest absolute Gasteiger partial charge is 0.352 e. The van der Waals surface area contributed by atoms with Gasteiger partial charge in [-0.1, -0.05) is 38.1 Å². The lowest BCUT2D eigenvalue weighted by molar-refractivity contribution is -0.161. The number of unbranched alkanes of at least 4 members (excludes halogenated alkanes) is 1. The van der Waals surface area contributed by atoms with E-state index in [1.54, 1.807) is 30.3 Å². The first-order valence-corrected chi connectivity index (χ1v) is 8.39. The normalized spacial score (nSPS) is 11.4. The van der Waals surface area contributed by atoms with Crippen molar-refractivity contribution in [3.8, 4) is 5.75 Å². The molecule has 0 aliphatic carbocycles. The average Bonchev–Trinajstić information content (AvgIpc) is 2.60. The molecule has 142 valence electrons. The monoisotopic (exact) mass is 364 g/mol. The Bertz CT molecular complexity index is 610. The zero-order valence-corrected chi connectivity index (χ0v) is 14.8. The molecular formula is C19H24O7. The largest absolute Gasteiger partial charge is 0.481 e. The quantitative estimate of drug-likeness (QED) is 0.263. The molecule has 1 N–H and O–H groups in total. The maximum atomic E-state index is 12.3. The van der Waals surface area contributed by atoms with Gasteiger partial charge >= 0.3 is 17.9 Å². The van der Waals surface area contributed by atoms with Gasteiger partial charge in [-0.2, -0.15) is 0 Å². The highest BCUT2D eigenvalue weighted by atomic mass is 16.6. The van der Waals surface area contributed by atoms with Crippen LogP contribution in [0.5, 0.6) is 5.75 Å². The summed E-state index contributed by atoms with van der Waals surface area (Å²) in [7, 11) is 0. The van der Waals surface area contributed by atoms with Crippen molar-refractivity contribution < 1.29 is 33.7 Å². The zero-order valence-electron chi connectivity index (χ0n) is 14.8.